The highest BCUT2D eigenvalue weighted by Gasteiger charge is 2.14. The Morgan fingerprint density at radius 2 is 2.03 bits per heavy atom. The van der Waals surface area contributed by atoms with Crippen LogP contribution in [0.5, 0.6) is 11.6 Å². The quantitative estimate of drug-likeness (QED) is 0.571. The van der Waals surface area contributed by atoms with Gasteiger partial charge in [0.1, 0.15) is 11.3 Å². The molecule has 0 saturated carbocycles. The number of pyridine rings is 1. The number of nitrogens with zero attached hydrogens (tertiary/aromatic N) is 1. The number of carbonyl (C=O) groups excluding carboxylic acids is 1. The number of methoxy groups -OCH3 is 1. The van der Waals surface area contributed by atoms with E-state index in [9.17, 15) is 9.59 Å². The second-order valence-corrected chi connectivity index (χ2v) is 7.30. The minimum absolute atomic E-state index is 0.0567. The van der Waals surface area contributed by atoms with Gasteiger partial charge in [0.2, 0.25) is 11.8 Å². The average molecular weight is 410 g/mol. The number of aromatic nitrogens is 1. The summed E-state index contributed by atoms with van der Waals surface area (Å²) in [5, 5.41) is 3.69. The van der Waals surface area contributed by atoms with Crippen LogP contribution in [0.1, 0.15) is 37.0 Å². The van der Waals surface area contributed by atoms with Gasteiger partial charge in [0, 0.05) is 42.2 Å². The smallest absolute Gasteiger partial charge is 0.339 e. The Kier molecular flexibility index (Phi) is 6.72. The molecule has 3 aromatic rings. The molecule has 7 nitrogen and oxygen atoms in total. The highest BCUT2D eigenvalue weighted by molar-refractivity contribution is 5.82. The van der Waals surface area contributed by atoms with Crippen molar-refractivity contribution in [2.45, 2.75) is 46.3 Å². The maximum atomic E-state index is 12.4. The maximum absolute atomic E-state index is 12.4. The van der Waals surface area contributed by atoms with Crippen LogP contribution in [0.2, 0.25) is 0 Å². The third kappa shape index (κ3) is 5.17. The van der Waals surface area contributed by atoms with Crippen molar-refractivity contribution >= 4 is 16.9 Å². The molecule has 0 saturated heterocycles. The largest absolute Gasteiger partial charge is 0.497 e. The van der Waals surface area contributed by atoms with Crippen molar-refractivity contribution in [1.82, 2.24) is 10.3 Å². The fourth-order valence-electron chi connectivity index (χ4n) is 3.14. The van der Waals surface area contributed by atoms with Gasteiger partial charge in [-0.05, 0) is 50.5 Å². The van der Waals surface area contributed by atoms with Gasteiger partial charge in [0.15, 0.2) is 0 Å². The van der Waals surface area contributed by atoms with Crippen molar-refractivity contribution in [3.05, 3.63) is 63.6 Å². The summed E-state index contributed by atoms with van der Waals surface area (Å²) in [6.07, 6.45) is 2.23. The molecule has 0 aliphatic rings. The molecule has 1 aromatic carbocycles. The van der Waals surface area contributed by atoms with Gasteiger partial charge in [-0.25, -0.2) is 9.78 Å². The number of ether oxygens (including phenoxy) is 2. The van der Waals surface area contributed by atoms with Crippen molar-refractivity contribution in [1.29, 1.82) is 0 Å². The van der Waals surface area contributed by atoms with Crippen LogP contribution in [0.4, 0.5) is 0 Å². The molecule has 0 unspecified atom stereocenters. The average Bonchev–Trinajstić information content (AvgIpc) is 2.72. The third-order valence-electron chi connectivity index (χ3n) is 4.74. The van der Waals surface area contributed by atoms with Crippen LogP contribution < -0.4 is 20.4 Å². The van der Waals surface area contributed by atoms with Crippen molar-refractivity contribution < 1.29 is 18.7 Å². The highest BCUT2D eigenvalue weighted by atomic mass is 16.5. The Hall–Kier alpha value is -3.35. The molecule has 1 amide bonds. The van der Waals surface area contributed by atoms with E-state index < -0.39 is 5.63 Å². The van der Waals surface area contributed by atoms with Gasteiger partial charge in [-0.1, -0.05) is 6.07 Å². The maximum Gasteiger partial charge on any atom is 0.339 e. The van der Waals surface area contributed by atoms with Crippen molar-refractivity contribution in [3.63, 3.8) is 0 Å². The molecule has 7 heteroatoms. The number of amides is 1. The second kappa shape index (κ2) is 9.43. The van der Waals surface area contributed by atoms with Gasteiger partial charge in [-0.2, -0.15) is 0 Å². The van der Waals surface area contributed by atoms with Crippen LogP contribution in [-0.2, 0) is 17.8 Å². The summed E-state index contributed by atoms with van der Waals surface area (Å²) in [7, 11) is 1.56. The van der Waals surface area contributed by atoms with Crippen LogP contribution in [0.3, 0.4) is 0 Å². The molecule has 0 aliphatic heterocycles. The number of fused-ring (bicyclic) bond motifs is 1. The predicted molar refractivity (Wildman–Crippen MR) is 114 cm³/mol. The Morgan fingerprint density at radius 3 is 2.70 bits per heavy atom. The van der Waals surface area contributed by atoms with Crippen molar-refractivity contribution in [3.8, 4) is 11.6 Å². The second-order valence-electron chi connectivity index (χ2n) is 7.30. The number of hydrogen-bond acceptors (Lipinski definition) is 6. The molecular formula is C23H26N2O5. The Balaban J connectivity index is 1.60. The number of rotatable bonds is 8. The first-order chi connectivity index (χ1) is 14.4. The monoisotopic (exact) mass is 410 g/mol. The summed E-state index contributed by atoms with van der Waals surface area (Å²) < 4.78 is 16.1. The van der Waals surface area contributed by atoms with Crippen LogP contribution >= 0.6 is 0 Å². The lowest BCUT2D eigenvalue weighted by atomic mass is 10.0. The van der Waals surface area contributed by atoms with E-state index in [4.69, 9.17) is 13.9 Å². The highest BCUT2D eigenvalue weighted by Crippen LogP contribution is 2.24. The van der Waals surface area contributed by atoms with Gasteiger partial charge >= 0.3 is 5.63 Å². The summed E-state index contributed by atoms with van der Waals surface area (Å²) in [5.74, 6) is 1.03. The van der Waals surface area contributed by atoms with Gasteiger partial charge in [-0.15, -0.1) is 0 Å². The summed E-state index contributed by atoms with van der Waals surface area (Å²) in [6, 6.07) is 9.00. The lowest BCUT2D eigenvalue weighted by Crippen LogP contribution is -2.24. The molecule has 0 atom stereocenters. The van der Waals surface area contributed by atoms with Gasteiger partial charge in [0.05, 0.1) is 13.2 Å². The summed E-state index contributed by atoms with van der Waals surface area (Å²) in [4.78, 5) is 28.9. The zero-order valence-corrected chi connectivity index (χ0v) is 17.7. The Morgan fingerprint density at radius 1 is 1.23 bits per heavy atom. The molecule has 158 valence electrons. The van der Waals surface area contributed by atoms with E-state index in [0.29, 0.717) is 35.7 Å². The minimum Gasteiger partial charge on any atom is -0.497 e. The molecule has 0 spiro atoms. The van der Waals surface area contributed by atoms with Gasteiger partial charge < -0.3 is 19.2 Å². The summed E-state index contributed by atoms with van der Waals surface area (Å²) in [6.45, 7) is 6.10. The fourth-order valence-corrected chi connectivity index (χ4v) is 3.14. The molecule has 0 aliphatic carbocycles. The Labute approximate surface area is 175 Å². The molecule has 1 N–H and O–H groups in total. The number of benzene rings is 1. The van der Waals surface area contributed by atoms with Crippen molar-refractivity contribution in [2.24, 2.45) is 0 Å². The molecule has 0 fully saturated rings. The molecular weight excluding hydrogens is 384 g/mol. The normalized spacial score (nSPS) is 11.0. The molecule has 30 heavy (non-hydrogen) atoms. The molecule has 2 aromatic heterocycles. The lowest BCUT2D eigenvalue weighted by Gasteiger charge is -2.10. The standard InChI is InChI=1S/C23H26N2O5/c1-14(2)29-22-10-5-16(13-25-22)12-24-21(26)9-8-19-15(3)18-7-6-17(28-4)11-20(18)30-23(19)27/h5-7,10-11,13-14H,8-9,12H2,1-4H3,(H,24,26). The SMILES string of the molecule is COc1ccc2c(C)c(CCC(=O)NCc3ccc(OC(C)C)nc3)c(=O)oc2c1. The molecule has 0 bridgehead atoms. The van der Waals surface area contributed by atoms with Gasteiger partial charge in [0.25, 0.3) is 0 Å². The van der Waals surface area contributed by atoms with Crippen LogP contribution in [0, 0.1) is 6.92 Å². The number of nitrogens with one attached hydrogen (secondary N) is 1. The first-order valence-electron chi connectivity index (χ1n) is 9.86. The molecule has 0 radical (unpaired) electrons. The third-order valence-corrected chi connectivity index (χ3v) is 4.74. The lowest BCUT2D eigenvalue weighted by molar-refractivity contribution is -0.121. The van der Waals surface area contributed by atoms with E-state index in [2.05, 4.69) is 10.3 Å². The minimum atomic E-state index is -0.425. The number of hydrogen-bond donors (Lipinski definition) is 1. The van der Waals surface area contributed by atoms with Crippen LogP contribution in [-0.4, -0.2) is 24.1 Å². The van der Waals surface area contributed by atoms with E-state index in [1.54, 1.807) is 25.4 Å². The first kappa shape index (κ1) is 21.4. The summed E-state index contributed by atoms with van der Waals surface area (Å²) in [5.41, 5.74) is 2.25. The van der Waals surface area contributed by atoms with Crippen molar-refractivity contribution in [2.75, 3.05) is 7.11 Å². The Bertz CT molecular complexity index is 1090. The predicted octanol–water partition coefficient (Wildman–Crippen LogP) is 3.54. The van der Waals surface area contributed by atoms with Crippen LogP contribution in [0.25, 0.3) is 11.0 Å². The zero-order chi connectivity index (χ0) is 21.7. The van der Waals surface area contributed by atoms with E-state index in [1.807, 2.05) is 39.0 Å². The molecule has 3 rings (SSSR count). The zero-order valence-electron chi connectivity index (χ0n) is 17.7. The first-order valence-corrected chi connectivity index (χ1v) is 9.86. The number of aryl methyl sites for hydroxylation is 1. The van der Waals surface area contributed by atoms with E-state index >= 15 is 0 Å². The fraction of sp³-hybridized carbons (Fsp3) is 0.348. The van der Waals surface area contributed by atoms with E-state index in [0.717, 1.165) is 16.5 Å². The molecule has 2 heterocycles. The van der Waals surface area contributed by atoms with E-state index in [-0.39, 0.29) is 18.4 Å². The van der Waals surface area contributed by atoms with Gasteiger partial charge in [-0.3, -0.25) is 4.79 Å². The van der Waals surface area contributed by atoms with Crippen LogP contribution in [0.15, 0.2) is 45.7 Å². The number of carbonyl (C=O) groups is 1. The topological polar surface area (TPSA) is 90.7 Å². The summed E-state index contributed by atoms with van der Waals surface area (Å²) >= 11 is 0. The van der Waals surface area contributed by atoms with E-state index in [1.165, 1.54) is 0 Å².